The van der Waals surface area contributed by atoms with E-state index in [-0.39, 0.29) is 23.7 Å². The van der Waals surface area contributed by atoms with Crippen molar-refractivity contribution in [2.45, 2.75) is 45.1 Å². The zero-order valence-electron chi connectivity index (χ0n) is 14.5. The molecule has 3 N–H and O–H groups in total. The third-order valence-electron chi connectivity index (χ3n) is 4.79. The van der Waals surface area contributed by atoms with Gasteiger partial charge in [-0.25, -0.2) is 4.39 Å². The third kappa shape index (κ3) is 4.04. The smallest absolute Gasteiger partial charge is 0.227 e. The fourth-order valence-electron chi connectivity index (χ4n) is 2.85. The van der Waals surface area contributed by atoms with E-state index in [9.17, 15) is 9.18 Å². The molecule has 2 aromatic rings. The second kappa shape index (κ2) is 6.92. The molecule has 1 atom stereocenters. The summed E-state index contributed by atoms with van der Waals surface area (Å²) in [6, 6.07) is 4.78. The fourth-order valence-corrected chi connectivity index (χ4v) is 2.85. The van der Waals surface area contributed by atoms with Crippen molar-refractivity contribution < 1.29 is 13.7 Å². The maximum absolute atomic E-state index is 13.6. The highest BCUT2D eigenvalue weighted by Crippen LogP contribution is 2.39. The minimum absolute atomic E-state index is 0.0824. The van der Waals surface area contributed by atoms with Crippen molar-refractivity contribution in [2.75, 3.05) is 6.54 Å². The summed E-state index contributed by atoms with van der Waals surface area (Å²) in [6.07, 6.45) is 2.78. The Morgan fingerprint density at radius 3 is 2.88 bits per heavy atom. The number of halogens is 1. The van der Waals surface area contributed by atoms with E-state index in [0.29, 0.717) is 41.7 Å². The lowest BCUT2D eigenvalue weighted by atomic mass is 9.95. The minimum Gasteiger partial charge on any atom is -0.349 e. The second-order valence-electron chi connectivity index (χ2n) is 6.92. The van der Waals surface area contributed by atoms with Gasteiger partial charge in [-0.15, -0.1) is 0 Å². The predicted molar refractivity (Wildman–Crippen MR) is 91.1 cm³/mol. The van der Waals surface area contributed by atoms with Gasteiger partial charge in [0.15, 0.2) is 0 Å². The van der Waals surface area contributed by atoms with E-state index in [1.165, 1.54) is 6.07 Å². The monoisotopic (exact) mass is 346 g/mol. The standard InChI is InChI=1S/C18H23FN4O2/c1-11-3-4-12(9-14(11)19)17-21-16(25-23-17)8-7-15(24)22-18(2,10-20)13-5-6-13/h3-4,9,13H,5-8,10,20H2,1-2H3,(H,22,24). The van der Waals surface area contributed by atoms with Gasteiger partial charge in [-0.05, 0) is 44.2 Å². The van der Waals surface area contributed by atoms with Crippen LogP contribution in [0.5, 0.6) is 0 Å². The lowest BCUT2D eigenvalue weighted by Crippen LogP contribution is -2.53. The summed E-state index contributed by atoms with van der Waals surface area (Å²) in [5.74, 6) is 0.740. The van der Waals surface area contributed by atoms with Crippen LogP contribution < -0.4 is 11.1 Å². The van der Waals surface area contributed by atoms with Gasteiger partial charge >= 0.3 is 0 Å². The van der Waals surface area contributed by atoms with Gasteiger partial charge in [0.05, 0.1) is 5.54 Å². The van der Waals surface area contributed by atoms with E-state index < -0.39 is 0 Å². The Kier molecular flexibility index (Phi) is 4.85. The number of aromatic nitrogens is 2. The number of nitrogens with zero attached hydrogens (tertiary/aromatic N) is 2. The molecule has 7 heteroatoms. The number of amides is 1. The maximum Gasteiger partial charge on any atom is 0.227 e. The van der Waals surface area contributed by atoms with Crippen LogP contribution in [-0.2, 0) is 11.2 Å². The Hall–Kier alpha value is -2.28. The zero-order chi connectivity index (χ0) is 18.0. The van der Waals surface area contributed by atoms with Crippen molar-refractivity contribution in [3.05, 3.63) is 35.5 Å². The number of aryl methyl sites for hydroxylation is 2. The molecule has 3 rings (SSSR count). The van der Waals surface area contributed by atoms with Crippen LogP contribution in [-0.4, -0.2) is 28.1 Å². The van der Waals surface area contributed by atoms with Gasteiger partial charge in [0.25, 0.3) is 0 Å². The van der Waals surface area contributed by atoms with Crippen LogP contribution in [0.2, 0.25) is 0 Å². The third-order valence-corrected chi connectivity index (χ3v) is 4.79. The van der Waals surface area contributed by atoms with Crippen molar-refractivity contribution in [1.82, 2.24) is 15.5 Å². The van der Waals surface area contributed by atoms with E-state index in [4.69, 9.17) is 10.3 Å². The first kappa shape index (κ1) is 17.5. The Morgan fingerprint density at radius 1 is 1.48 bits per heavy atom. The highest BCUT2D eigenvalue weighted by molar-refractivity contribution is 5.77. The molecule has 0 aliphatic heterocycles. The summed E-state index contributed by atoms with van der Waals surface area (Å²) in [5.41, 5.74) is 6.58. The van der Waals surface area contributed by atoms with Crippen molar-refractivity contribution in [3.8, 4) is 11.4 Å². The van der Waals surface area contributed by atoms with Gasteiger partial charge in [-0.1, -0.05) is 17.3 Å². The number of rotatable bonds is 7. The van der Waals surface area contributed by atoms with Crippen molar-refractivity contribution in [1.29, 1.82) is 0 Å². The van der Waals surface area contributed by atoms with Crippen LogP contribution >= 0.6 is 0 Å². The van der Waals surface area contributed by atoms with Gasteiger partial charge in [-0.3, -0.25) is 4.79 Å². The van der Waals surface area contributed by atoms with Crippen molar-refractivity contribution >= 4 is 5.91 Å². The van der Waals surface area contributed by atoms with E-state index in [1.807, 2.05) is 6.92 Å². The number of carbonyl (C=O) groups is 1. The summed E-state index contributed by atoms with van der Waals surface area (Å²) in [5, 5.41) is 6.88. The predicted octanol–water partition coefficient (Wildman–Crippen LogP) is 2.36. The van der Waals surface area contributed by atoms with Crippen molar-refractivity contribution in [2.24, 2.45) is 11.7 Å². The van der Waals surface area contributed by atoms with Crippen LogP contribution in [0, 0.1) is 18.7 Å². The van der Waals surface area contributed by atoms with E-state index in [0.717, 1.165) is 12.8 Å². The molecule has 6 nitrogen and oxygen atoms in total. The Labute approximate surface area is 146 Å². The molecular formula is C18H23FN4O2. The normalized spacial score (nSPS) is 16.5. The quantitative estimate of drug-likeness (QED) is 0.803. The molecule has 1 saturated carbocycles. The van der Waals surface area contributed by atoms with Crippen LogP contribution in [0.1, 0.15) is 37.6 Å². The van der Waals surface area contributed by atoms with Crippen LogP contribution in [0.3, 0.4) is 0 Å². The molecule has 0 saturated heterocycles. The molecule has 134 valence electrons. The van der Waals surface area contributed by atoms with E-state index >= 15 is 0 Å². The van der Waals surface area contributed by atoms with Gasteiger partial charge in [-0.2, -0.15) is 4.98 Å². The number of nitrogens with two attached hydrogens (primary N) is 1. The molecule has 0 radical (unpaired) electrons. The van der Waals surface area contributed by atoms with Gasteiger partial charge in [0.2, 0.25) is 17.6 Å². The molecule has 0 spiro atoms. The summed E-state index contributed by atoms with van der Waals surface area (Å²) < 4.78 is 18.8. The largest absolute Gasteiger partial charge is 0.349 e. The molecule has 1 aliphatic rings. The Morgan fingerprint density at radius 2 is 2.24 bits per heavy atom. The lowest BCUT2D eigenvalue weighted by Gasteiger charge is -2.29. The fraction of sp³-hybridized carbons (Fsp3) is 0.500. The highest BCUT2D eigenvalue weighted by atomic mass is 19.1. The molecule has 1 heterocycles. The number of hydrogen-bond donors (Lipinski definition) is 2. The first-order valence-corrected chi connectivity index (χ1v) is 8.51. The molecule has 1 aliphatic carbocycles. The molecular weight excluding hydrogens is 323 g/mol. The summed E-state index contributed by atoms with van der Waals surface area (Å²) >= 11 is 0. The Bertz CT molecular complexity index is 772. The molecule has 1 unspecified atom stereocenters. The first-order valence-electron chi connectivity index (χ1n) is 8.51. The van der Waals surface area contributed by atoms with Crippen LogP contribution in [0.25, 0.3) is 11.4 Å². The van der Waals surface area contributed by atoms with E-state index in [1.54, 1.807) is 19.1 Å². The van der Waals surface area contributed by atoms with Gasteiger partial charge in [0.1, 0.15) is 5.82 Å². The first-order chi connectivity index (χ1) is 11.9. The van der Waals surface area contributed by atoms with E-state index in [2.05, 4.69) is 15.5 Å². The average Bonchev–Trinajstić information content (AvgIpc) is 3.35. The number of carbonyl (C=O) groups excluding carboxylic acids is 1. The highest BCUT2D eigenvalue weighted by Gasteiger charge is 2.41. The van der Waals surface area contributed by atoms with Crippen LogP contribution in [0.15, 0.2) is 22.7 Å². The summed E-state index contributed by atoms with van der Waals surface area (Å²) in [7, 11) is 0. The number of benzene rings is 1. The summed E-state index contributed by atoms with van der Waals surface area (Å²) in [6.45, 7) is 4.10. The summed E-state index contributed by atoms with van der Waals surface area (Å²) in [4.78, 5) is 16.4. The lowest BCUT2D eigenvalue weighted by molar-refractivity contribution is -0.123. The molecule has 25 heavy (non-hydrogen) atoms. The molecule has 1 aromatic carbocycles. The molecule has 0 bridgehead atoms. The zero-order valence-corrected chi connectivity index (χ0v) is 14.5. The second-order valence-corrected chi connectivity index (χ2v) is 6.92. The number of nitrogens with one attached hydrogen (secondary N) is 1. The SMILES string of the molecule is Cc1ccc(-c2noc(CCC(=O)NC(C)(CN)C3CC3)n2)cc1F. The minimum atomic E-state index is -0.337. The number of hydrogen-bond acceptors (Lipinski definition) is 5. The Balaban J connectivity index is 1.58. The maximum atomic E-state index is 13.6. The van der Waals surface area contributed by atoms with Crippen molar-refractivity contribution in [3.63, 3.8) is 0 Å². The van der Waals surface area contributed by atoms with Crippen LogP contribution in [0.4, 0.5) is 4.39 Å². The topological polar surface area (TPSA) is 94.0 Å². The molecule has 1 fully saturated rings. The molecule has 1 aromatic heterocycles. The van der Waals surface area contributed by atoms with Gasteiger partial charge < -0.3 is 15.6 Å². The molecule has 1 amide bonds. The average molecular weight is 346 g/mol. The van der Waals surface area contributed by atoms with Gasteiger partial charge in [0, 0.05) is 24.9 Å².